The summed E-state index contributed by atoms with van der Waals surface area (Å²) in [7, 11) is 0. The van der Waals surface area contributed by atoms with Crippen LogP contribution in [0.5, 0.6) is 0 Å². The number of rotatable bonds is 5. The highest BCUT2D eigenvalue weighted by molar-refractivity contribution is 6.08. The normalized spacial score (nSPS) is 13.8. The Labute approximate surface area is 184 Å². The first-order chi connectivity index (χ1) is 15.7. The predicted molar refractivity (Wildman–Crippen MR) is 123 cm³/mol. The summed E-state index contributed by atoms with van der Waals surface area (Å²) < 4.78 is 19.3. The highest BCUT2D eigenvalue weighted by Crippen LogP contribution is 2.27. The van der Waals surface area contributed by atoms with Crippen molar-refractivity contribution in [2.24, 2.45) is 0 Å². The van der Waals surface area contributed by atoms with Crippen molar-refractivity contribution in [3.63, 3.8) is 0 Å². The highest BCUT2D eigenvalue weighted by Gasteiger charge is 2.14. The van der Waals surface area contributed by atoms with Crippen LogP contribution in [0.4, 0.5) is 27.3 Å². The summed E-state index contributed by atoms with van der Waals surface area (Å²) in [5, 5.41) is 13.8. The second-order valence-electron chi connectivity index (χ2n) is 7.54. The molecule has 8 heteroatoms. The molecule has 0 spiro atoms. The van der Waals surface area contributed by atoms with Crippen molar-refractivity contribution in [3.8, 4) is 0 Å². The molecule has 32 heavy (non-hydrogen) atoms. The summed E-state index contributed by atoms with van der Waals surface area (Å²) in [6, 6.07) is 19.5. The number of nitrogens with zero attached hydrogens (tertiary/aromatic N) is 2. The molecule has 0 aliphatic carbocycles. The van der Waals surface area contributed by atoms with Crippen LogP contribution in [0.1, 0.15) is 10.4 Å². The minimum absolute atomic E-state index is 0.236. The summed E-state index contributed by atoms with van der Waals surface area (Å²) >= 11 is 0. The Balaban J connectivity index is 1.29. The first-order valence-corrected chi connectivity index (χ1v) is 10.4. The number of carbonyl (C=O) groups excluding carboxylic acids is 1. The average molecular weight is 431 g/mol. The van der Waals surface area contributed by atoms with E-state index < -0.39 is 0 Å². The molecule has 0 radical (unpaired) electrons. The third-order valence-corrected chi connectivity index (χ3v) is 5.45. The number of aromatic amines is 1. The molecule has 0 unspecified atom stereocenters. The lowest BCUT2D eigenvalue weighted by Gasteiger charge is -2.28. The Kier molecular flexibility index (Phi) is 5.43. The SMILES string of the molecule is O=C(Nc1n[nH]c2cc(Nc3ccccc3F)ccc12)c1ccc(N2CCOCC2)cc1. The van der Waals surface area contributed by atoms with Crippen LogP contribution >= 0.6 is 0 Å². The fraction of sp³-hybridized carbons (Fsp3) is 0.167. The Bertz CT molecular complexity index is 1250. The molecule has 1 saturated heterocycles. The van der Waals surface area contributed by atoms with Gasteiger partial charge in [0.2, 0.25) is 0 Å². The summed E-state index contributed by atoms with van der Waals surface area (Å²) in [5.74, 6) is -0.120. The fourth-order valence-electron chi connectivity index (χ4n) is 3.74. The van der Waals surface area contributed by atoms with Crippen molar-refractivity contribution in [1.82, 2.24) is 10.2 Å². The lowest BCUT2D eigenvalue weighted by molar-refractivity contribution is 0.102. The molecule has 5 rings (SSSR count). The molecule has 0 saturated carbocycles. The van der Waals surface area contributed by atoms with E-state index in [1.807, 2.05) is 42.5 Å². The summed E-state index contributed by atoms with van der Waals surface area (Å²) in [5.41, 5.74) is 3.45. The number of carbonyl (C=O) groups is 1. The zero-order valence-electron chi connectivity index (χ0n) is 17.3. The molecule has 0 atom stereocenters. The molecule has 3 N–H and O–H groups in total. The van der Waals surface area contributed by atoms with Gasteiger partial charge in [0, 0.05) is 35.4 Å². The quantitative estimate of drug-likeness (QED) is 0.432. The lowest BCUT2D eigenvalue weighted by atomic mass is 10.1. The minimum Gasteiger partial charge on any atom is -0.378 e. The van der Waals surface area contributed by atoms with Crippen LogP contribution < -0.4 is 15.5 Å². The maximum atomic E-state index is 13.9. The van der Waals surface area contributed by atoms with Gasteiger partial charge in [0.1, 0.15) is 5.82 Å². The molecule has 1 aromatic heterocycles. The van der Waals surface area contributed by atoms with E-state index in [0.717, 1.165) is 29.7 Å². The Hall–Kier alpha value is -3.91. The van der Waals surface area contributed by atoms with Gasteiger partial charge < -0.3 is 20.3 Å². The number of ether oxygens (including phenoxy) is 1. The lowest BCUT2D eigenvalue weighted by Crippen LogP contribution is -2.36. The highest BCUT2D eigenvalue weighted by atomic mass is 19.1. The molecular formula is C24H22FN5O2. The minimum atomic E-state index is -0.329. The van der Waals surface area contributed by atoms with E-state index in [0.29, 0.717) is 36.0 Å². The largest absolute Gasteiger partial charge is 0.378 e. The summed E-state index contributed by atoms with van der Waals surface area (Å²) in [4.78, 5) is 15.0. The Morgan fingerprint density at radius 3 is 2.59 bits per heavy atom. The standard InChI is InChI=1S/C24H22FN5O2/c25-20-3-1-2-4-21(20)26-17-7-10-19-22(15-17)28-29-23(19)27-24(31)16-5-8-18(9-6-16)30-11-13-32-14-12-30/h1-10,15,26H,11-14H2,(H2,27,28,29,31). The fourth-order valence-corrected chi connectivity index (χ4v) is 3.74. The number of fused-ring (bicyclic) bond motifs is 1. The van der Waals surface area contributed by atoms with Gasteiger partial charge in [0.15, 0.2) is 5.82 Å². The van der Waals surface area contributed by atoms with Gasteiger partial charge in [-0.3, -0.25) is 9.89 Å². The van der Waals surface area contributed by atoms with Crippen molar-refractivity contribution in [1.29, 1.82) is 0 Å². The molecule has 1 aliphatic rings. The number of para-hydroxylation sites is 1. The number of nitrogens with one attached hydrogen (secondary N) is 3. The van der Waals surface area contributed by atoms with Crippen LogP contribution in [0.2, 0.25) is 0 Å². The first kappa shape index (κ1) is 20.0. The van der Waals surface area contributed by atoms with Crippen LogP contribution in [0.15, 0.2) is 66.7 Å². The number of anilines is 4. The van der Waals surface area contributed by atoms with Crippen molar-refractivity contribution in [2.75, 3.05) is 41.8 Å². The van der Waals surface area contributed by atoms with E-state index in [9.17, 15) is 9.18 Å². The number of H-pyrrole nitrogens is 1. The van der Waals surface area contributed by atoms with Crippen LogP contribution in [-0.2, 0) is 4.74 Å². The first-order valence-electron chi connectivity index (χ1n) is 10.4. The molecule has 0 bridgehead atoms. The van der Waals surface area contributed by atoms with E-state index in [1.165, 1.54) is 6.07 Å². The van der Waals surface area contributed by atoms with Gasteiger partial charge in [-0.15, -0.1) is 0 Å². The van der Waals surface area contributed by atoms with Gasteiger partial charge >= 0.3 is 0 Å². The number of halogens is 1. The van der Waals surface area contributed by atoms with Gasteiger partial charge in [0.25, 0.3) is 5.91 Å². The van der Waals surface area contributed by atoms with E-state index in [2.05, 4.69) is 25.7 Å². The number of hydrogen-bond donors (Lipinski definition) is 3. The zero-order valence-corrected chi connectivity index (χ0v) is 17.3. The molecule has 1 amide bonds. The van der Waals surface area contributed by atoms with Gasteiger partial charge in [-0.2, -0.15) is 5.10 Å². The van der Waals surface area contributed by atoms with Gasteiger partial charge in [-0.1, -0.05) is 12.1 Å². The summed E-state index contributed by atoms with van der Waals surface area (Å²) in [6.07, 6.45) is 0. The van der Waals surface area contributed by atoms with Crippen LogP contribution in [0, 0.1) is 5.82 Å². The third kappa shape index (κ3) is 4.13. The van der Waals surface area contributed by atoms with Gasteiger partial charge in [-0.25, -0.2) is 4.39 Å². The molecular weight excluding hydrogens is 409 g/mol. The van der Waals surface area contributed by atoms with E-state index in [1.54, 1.807) is 18.2 Å². The topological polar surface area (TPSA) is 82.3 Å². The van der Waals surface area contributed by atoms with Crippen LogP contribution in [0.25, 0.3) is 10.9 Å². The van der Waals surface area contributed by atoms with Crippen molar-refractivity contribution >= 4 is 39.7 Å². The van der Waals surface area contributed by atoms with E-state index in [-0.39, 0.29) is 11.7 Å². The predicted octanol–water partition coefficient (Wildman–Crippen LogP) is 4.53. The molecule has 4 aromatic rings. The zero-order chi connectivity index (χ0) is 21.9. The summed E-state index contributed by atoms with van der Waals surface area (Å²) in [6.45, 7) is 3.12. The smallest absolute Gasteiger partial charge is 0.256 e. The Morgan fingerprint density at radius 2 is 1.81 bits per heavy atom. The van der Waals surface area contributed by atoms with Crippen molar-refractivity contribution in [3.05, 3.63) is 78.1 Å². The maximum absolute atomic E-state index is 13.9. The molecule has 1 aliphatic heterocycles. The number of hydrogen-bond acceptors (Lipinski definition) is 5. The van der Waals surface area contributed by atoms with Gasteiger partial charge in [0.05, 0.1) is 24.4 Å². The number of benzene rings is 3. The maximum Gasteiger partial charge on any atom is 0.256 e. The van der Waals surface area contributed by atoms with Crippen LogP contribution in [-0.4, -0.2) is 42.4 Å². The van der Waals surface area contributed by atoms with E-state index in [4.69, 9.17) is 4.74 Å². The molecule has 162 valence electrons. The molecule has 3 aromatic carbocycles. The third-order valence-electron chi connectivity index (χ3n) is 5.45. The number of aromatic nitrogens is 2. The molecule has 2 heterocycles. The van der Waals surface area contributed by atoms with E-state index >= 15 is 0 Å². The van der Waals surface area contributed by atoms with Crippen molar-refractivity contribution < 1.29 is 13.9 Å². The Morgan fingerprint density at radius 1 is 1.03 bits per heavy atom. The average Bonchev–Trinajstić information content (AvgIpc) is 3.23. The van der Waals surface area contributed by atoms with Gasteiger partial charge in [-0.05, 0) is 54.6 Å². The van der Waals surface area contributed by atoms with Crippen molar-refractivity contribution in [2.45, 2.75) is 0 Å². The second-order valence-corrected chi connectivity index (χ2v) is 7.54. The number of amides is 1. The number of morpholine rings is 1. The van der Waals surface area contributed by atoms with Crippen LogP contribution in [0.3, 0.4) is 0 Å². The second kappa shape index (κ2) is 8.68. The molecule has 1 fully saturated rings. The molecule has 7 nitrogen and oxygen atoms in total. The monoisotopic (exact) mass is 431 g/mol.